The van der Waals surface area contributed by atoms with E-state index in [-0.39, 0.29) is 17.6 Å². The Hall–Kier alpha value is -1.46. The third-order valence-corrected chi connectivity index (χ3v) is 4.97. The van der Waals surface area contributed by atoms with Crippen molar-refractivity contribution in [3.8, 4) is 0 Å². The number of carbonyl (C=O) groups is 1. The summed E-state index contributed by atoms with van der Waals surface area (Å²) in [4.78, 5) is 13.8. The molecule has 1 aromatic carbocycles. The molecule has 2 aliphatic rings. The number of hydrogen-bond acceptors (Lipinski definition) is 3. The van der Waals surface area contributed by atoms with E-state index in [2.05, 4.69) is 10.2 Å². The van der Waals surface area contributed by atoms with Crippen LogP contribution in [0.5, 0.6) is 0 Å². The van der Waals surface area contributed by atoms with E-state index in [1.54, 1.807) is 19.2 Å². The average Bonchev–Trinajstić information content (AvgIpc) is 2.98. The van der Waals surface area contributed by atoms with Gasteiger partial charge in [0.2, 0.25) is 5.91 Å². The second kappa shape index (κ2) is 5.97. The Bertz CT molecular complexity index is 564. The Morgan fingerprint density at radius 2 is 2.09 bits per heavy atom. The molecule has 3 rings (SSSR count). The number of likely N-dealkylation sites (tertiary alicyclic amines) is 1. The summed E-state index contributed by atoms with van der Waals surface area (Å²) in [5, 5.41) is 13.1. The van der Waals surface area contributed by atoms with Crippen LogP contribution in [0.25, 0.3) is 0 Å². The van der Waals surface area contributed by atoms with E-state index in [1.807, 2.05) is 0 Å². The van der Waals surface area contributed by atoms with Gasteiger partial charge in [-0.05, 0) is 50.4 Å². The van der Waals surface area contributed by atoms with E-state index in [0.717, 1.165) is 13.1 Å². The molecule has 1 aliphatic heterocycles. The highest BCUT2D eigenvalue weighted by Gasteiger charge is 2.47. The summed E-state index contributed by atoms with van der Waals surface area (Å²) in [6.45, 7) is 2.68. The second-order valence-corrected chi connectivity index (χ2v) is 6.54. The molecule has 1 aliphatic carbocycles. The predicted octanol–water partition coefficient (Wildman–Crippen LogP) is 1.77. The van der Waals surface area contributed by atoms with Crippen molar-refractivity contribution in [2.24, 2.45) is 5.92 Å². The number of benzene rings is 1. The molecular weight excluding hydrogens is 283 g/mol. The van der Waals surface area contributed by atoms with Crippen LogP contribution in [-0.4, -0.2) is 36.1 Å². The van der Waals surface area contributed by atoms with E-state index in [0.29, 0.717) is 30.5 Å². The van der Waals surface area contributed by atoms with Crippen LogP contribution in [-0.2, 0) is 16.9 Å². The number of halogens is 1. The summed E-state index contributed by atoms with van der Waals surface area (Å²) in [7, 11) is 1.59. The van der Waals surface area contributed by atoms with Gasteiger partial charge >= 0.3 is 0 Å². The third kappa shape index (κ3) is 2.88. The summed E-state index contributed by atoms with van der Waals surface area (Å²) in [6, 6.07) is 5.01. The van der Waals surface area contributed by atoms with Crippen molar-refractivity contribution in [3.63, 3.8) is 0 Å². The predicted molar refractivity (Wildman–Crippen MR) is 81.6 cm³/mol. The van der Waals surface area contributed by atoms with Crippen molar-refractivity contribution in [2.75, 3.05) is 20.1 Å². The molecule has 120 valence electrons. The van der Waals surface area contributed by atoms with Crippen molar-refractivity contribution >= 4 is 5.91 Å². The van der Waals surface area contributed by atoms with Gasteiger partial charge in [-0.3, -0.25) is 9.69 Å². The van der Waals surface area contributed by atoms with Gasteiger partial charge in [0.25, 0.3) is 0 Å². The first-order valence-electron chi connectivity index (χ1n) is 7.97. The van der Waals surface area contributed by atoms with Crippen molar-refractivity contribution in [1.82, 2.24) is 10.2 Å². The highest BCUT2D eigenvalue weighted by molar-refractivity contribution is 5.79. The number of hydrogen-bond donors (Lipinski definition) is 2. The molecule has 1 saturated carbocycles. The first-order chi connectivity index (χ1) is 10.5. The van der Waals surface area contributed by atoms with Gasteiger partial charge in [0.05, 0.1) is 5.60 Å². The minimum Gasteiger partial charge on any atom is -0.385 e. The lowest BCUT2D eigenvalue weighted by atomic mass is 9.67. The largest absolute Gasteiger partial charge is 0.385 e. The zero-order valence-electron chi connectivity index (χ0n) is 12.9. The summed E-state index contributed by atoms with van der Waals surface area (Å²) < 4.78 is 14.3. The Kier molecular flexibility index (Phi) is 4.19. The molecule has 0 radical (unpaired) electrons. The standard InChI is InChI=1S/C17H23FN2O2/c1-19-16(21)13-9-17(22,10-13)14-5-4-12(15(18)8-14)11-20-6-2-3-7-20/h4-5,8,13,22H,2-3,6-7,9-11H2,1H3,(H,19,21). The normalized spacial score (nSPS) is 28.4. The molecule has 2 N–H and O–H groups in total. The molecule has 0 spiro atoms. The smallest absolute Gasteiger partial charge is 0.223 e. The van der Waals surface area contributed by atoms with E-state index in [4.69, 9.17) is 0 Å². The molecule has 1 heterocycles. The van der Waals surface area contributed by atoms with Crippen LogP contribution >= 0.6 is 0 Å². The fourth-order valence-corrected chi connectivity index (χ4v) is 3.53. The first-order valence-corrected chi connectivity index (χ1v) is 7.97. The zero-order chi connectivity index (χ0) is 15.7. The quantitative estimate of drug-likeness (QED) is 0.891. The van der Waals surface area contributed by atoms with E-state index >= 15 is 0 Å². The number of carbonyl (C=O) groups excluding carboxylic acids is 1. The molecule has 5 heteroatoms. The first kappa shape index (κ1) is 15.4. The maximum atomic E-state index is 14.3. The maximum absolute atomic E-state index is 14.3. The third-order valence-electron chi connectivity index (χ3n) is 4.97. The number of aliphatic hydroxyl groups is 1. The van der Waals surface area contributed by atoms with Gasteiger partial charge in [0, 0.05) is 25.1 Å². The molecule has 1 aromatic rings. The number of nitrogens with one attached hydrogen (secondary N) is 1. The van der Waals surface area contributed by atoms with E-state index in [1.165, 1.54) is 18.9 Å². The lowest BCUT2D eigenvalue weighted by molar-refractivity contribution is -0.142. The molecule has 2 fully saturated rings. The van der Waals surface area contributed by atoms with Crippen LogP contribution in [0.3, 0.4) is 0 Å². The van der Waals surface area contributed by atoms with Gasteiger partial charge < -0.3 is 10.4 Å². The average molecular weight is 306 g/mol. The minimum absolute atomic E-state index is 0.0594. The maximum Gasteiger partial charge on any atom is 0.223 e. The number of amides is 1. The fourth-order valence-electron chi connectivity index (χ4n) is 3.53. The van der Waals surface area contributed by atoms with Crippen LogP contribution < -0.4 is 5.32 Å². The molecule has 0 bridgehead atoms. The molecule has 0 unspecified atom stereocenters. The van der Waals surface area contributed by atoms with Gasteiger partial charge in [0.1, 0.15) is 5.82 Å². The van der Waals surface area contributed by atoms with Gasteiger partial charge in [-0.2, -0.15) is 0 Å². The minimum atomic E-state index is -1.07. The van der Waals surface area contributed by atoms with E-state index in [9.17, 15) is 14.3 Å². The molecule has 0 aromatic heterocycles. The SMILES string of the molecule is CNC(=O)C1CC(O)(c2ccc(CN3CCCC3)c(F)c2)C1. The van der Waals surface area contributed by atoms with Crippen molar-refractivity contribution < 1.29 is 14.3 Å². The van der Waals surface area contributed by atoms with Gasteiger partial charge in [0.15, 0.2) is 0 Å². The summed E-state index contributed by atoms with van der Waals surface area (Å²) in [5.74, 6) is -0.501. The molecule has 22 heavy (non-hydrogen) atoms. The molecule has 1 amide bonds. The van der Waals surface area contributed by atoms with Gasteiger partial charge in [-0.15, -0.1) is 0 Å². The van der Waals surface area contributed by atoms with Crippen LogP contribution in [0.1, 0.15) is 36.8 Å². The summed E-state index contributed by atoms with van der Waals surface area (Å²) >= 11 is 0. The van der Waals surface area contributed by atoms with Gasteiger partial charge in [-0.1, -0.05) is 12.1 Å². The van der Waals surface area contributed by atoms with Crippen molar-refractivity contribution in [1.29, 1.82) is 0 Å². The van der Waals surface area contributed by atoms with Crippen LogP contribution in [0, 0.1) is 11.7 Å². The van der Waals surface area contributed by atoms with Crippen molar-refractivity contribution in [3.05, 3.63) is 35.1 Å². The molecule has 0 atom stereocenters. The Morgan fingerprint density at radius 1 is 1.41 bits per heavy atom. The number of rotatable bonds is 4. The Labute approximate surface area is 130 Å². The highest BCUT2D eigenvalue weighted by atomic mass is 19.1. The zero-order valence-corrected chi connectivity index (χ0v) is 12.9. The summed E-state index contributed by atoms with van der Waals surface area (Å²) in [6.07, 6.45) is 3.08. The summed E-state index contributed by atoms with van der Waals surface area (Å²) in [5.41, 5.74) is 0.191. The Morgan fingerprint density at radius 3 is 2.68 bits per heavy atom. The molecular formula is C17H23FN2O2. The second-order valence-electron chi connectivity index (χ2n) is 6.54. The number of nitrogens with zero attached hydrogens (tertiary/aromatic N) is 1. The Balaban J connectivity index is 1.68. The monoisotopic (exact) mass is 306 g/mol. The van der Waals surface area contributed by atoms with Crippen molar-refractivity contribution in [2.45, 2.75) is 37.8 Å². The van der Waals surface area contributed by atoms with Gasteiger partial charge in [-0.25, -0.2) is 4.39 Å². The molecule has 4 nitrogen and oxygen atoms in total. The fraction of sp³-hybridized carbons (Fsp3) is 0.588. The molecule has 1 saturated heterocycles. The van der Waals surface area contributed by atoms with Crippen LogP contribution in [0.15, 0.2) is 18.2 Å². The highest BCUT2D eigenvalue weighted by Crippen LogP contribution is 2.45. The van der Waals surface area contributed by atoms with Crippen LogP contribution in [0.2, 0.25) is 0 Å². The lowest BCUT2D eigenvalue weighted by Gasteiger charge is -2.43. The lowest BCUT2D eigenvalue weighted by Crippen LogP contribution is -2.47. The van der Waals surface area contributed by atoms with Crippen LogP contribution in [0.4, 0.5) is 4.39 Å². The van der Waals surface area contributed by atoms with E-state index < -0.39 is 5.60 Å². The topological polar surface area (TPSA) is 52.6 Å².